The van der Waals surface area contributed by atoms with Gasteiger partial charge in [0.05, 0.1) is 4.47 Å². The minimum Gasteiger partial charge on any atom is -0.475 e. The summed E-state index contributed by atoms with van der Waals surface area (Å²) in [6.45, 7) is 1.54. The number of carbonyl (C=O) groups excluding carboxylic acids is 1. The Morgan fingerprint density at radius 1 is 1.21 bits per heavy atom. The number of aliphatic carboxylic acids is 1. The molecule has 1 aliphatic rings. The summed E-state index contributed by atoms with van der Waals surface area (Å²) in [6.07, 6.45) is -3.65. The molecule has 1 saturated heterocycles. The van der Waals surface area contributed by atoms with Crippen molar-refractivity contribution in [3.8, 4) is 0 Å². The van der Waals surface area contributed by atoms with Crippen LogP contribution in [0.5, 0.6) is 0 Å². The molecular formula is C17H17BrF4N6O5. The van der Waals surface area contributed by atoms with Crippen LogP contribution in [0.2, 0.25) is 0 Å². The zero-order valence-corrected chi connectivity index (χ0v) is 18.1. The molecule has 2 heterocycles. The fraction of sp³-hybridized carbons (Fsp3) is 0.353. The number of nitrogens with zero attached hydrogens (tertiary/aromatic N) is 3. The number of amides is 1. The van der Waals surface area contributed by atoms with Crippen LogP contribution in [0.25, 0.3) is 0 Å². The number of alkyl halides is 3. The van der Waals surface area contributed by atoms with Gasteiger partial charge in [0.25, 0.3) is 0 Å². The summed E-state index contributed by atoms with van der Waals surface area (Å²) in [7, 11) is 0. The lowest BCUT2D eigenvalue weighted by atomic mass is 9.97. The van der Waals surface area contributed by atoms with Gasteiger partial charge in [-0.2, -0.15) is 13.2 Å². The first kappa shape index (κ1) is 26.0. The first-order valence-corrected chi connectivity index (χ1v) is 9.91. The van der Waals surface area contributed by atoms with E-state index < -0.39 is 18.0 Å². The van der Waals surface area contributed by atoms with Gasteiger partial charge in [-0.05, 0) is 70.4 Å². The quantitative estimate of drug-likeness (QED) is 0.129. The number of carboxylic acid groups (broad SMARTS) is 1. The smallest absolute Gasteiger partial charge is 0.475 e. The number of anilines is 2. The van der Waals surface area contributed by atoms with E-state index in [1.54, 1.807) is 0 Å². The number of halogens is 5. The Hall–Kier alpha value is -3.27. The lowest BCUT2D eigenvalue weighted by molar-refractivity contribution is -0.192. The molecule has 3 rings (SSSR count). The number of oxime groups is 1. The second-order valence-corrected chi connectivity index (χ2v) is 7.33. The van der Waals surface area contributed by atoms with E-state index in [4.69, 9.17) is 9.90 Å². The average Bonchev–Trinajstić information content (AvgIpc) is 3.22. The Balaban J connectivity index is 0.000000479. The number of amidine groups is 1. The SMILES string of the molecule is O=C(Nc1nonc1/C(=N\O)Nc1ccc(F)c(Br)c1)C1CCNCC1.O=C(O)C(F)(F)F. The highest BCUT2D eigenvalue weighted by Crippen LogP contribution is 2.22. The van der Waals surface area contributed by atoms with Crippen molar-refractivity contribution >= 4 is 45.1 Å². The second-order valence-electron chi connectivity index (χ2n) is 6.48. The molecule has 0 radical (unpaired) electrons. The summed E-state index contributed by atoms with van der Waals surface area (Å²) in [5, 5.41) is 35.5. The van der Waals surface area contributed by atoms with Gasteiger partial charge in [0, 0.05) is 11.6 Å². The van der Waals surface area contributed by atoms with Gasteiger partial charge in [-0.25, -0.2) is 13.8 Å². The number of hydrogen-bond acceptors (Lipinski definition) is 8. The van der Waals surface area contributed by atoms with Gasteiger partial charge in [-0.3, -0.25) is 4.79 Å². The Kier molecular flexibility index (Phi) is 9.10. The van der Waals surface area contributed by atoms with E-state index in [9.17, 15) is 27.6 Å². The molecule has 1 aromatic carbocycles. The maximum Gasteiger partial charge on any atom is 0.490 e. The van der Waals surface area contributed by atoms with E-state index in [1.807, 2.05) is 0 Å². The molecular weight excluding hydrogens is 524 g/mol. The lowest BCUT2D eigenvalue weighted by Gasteiger charge is -2.21. The molecule has 0 bridgehead atoms. The normalized spacial score (nSPS) is 14.8. The molecule has 0 saturated carbocycles. The highest BCUT2D eigenvalue weighted by molar-refractivity contribution is 9.10. The molecule has 2 aromatic rings. The number of benzene rings is 1. The van der Waals surface area contributed by atoms with Crippen LogP contribution in [0.1, 0.15) is 18.5 Å². The predicted octanol–water partition coefficient (Wildman–Crippen LogP) is 2.79. The highest BCUT2D eigenvalue weighted by atomic mass is 79.9. The molecule has 0 unspecified atom stereocenters. The monoisotopic (exact) mass is 540 g/mol. The topological polar surface area (TPSA) is 162 Å². The lowest BCUT2D eigenvalue weighted by Crippen LogP contribution is -2.35. The van der Waals surface area contributed by atoms with Crippen molar-refractivity contribution < 1.29 is 42.1 Å². The van der Waals surface area contributed by atoms with Gasteiger partial charge >= 0.3 is 12.1 Å². The van der Waals surface area contributed by atoms with Gasteiger partial charge in [-0.15, -0.1) is 0 Å². The summed E-state index contributed by atoms with van der Waals surface area (Å²) in [4.78, 5) is 21.2. The Labute approximate surface area is 191 Å². The molecule has 5 N–H and O–H groups in total. The Morgan fingerprint density at radius 2 is 1.85 bits per heavy atom. The minimum absolute atomic E-state index is 0.0234. The summed E-state index contributed by atoms with van der Waals surface area (Å²) in [5.41, 5.74) is 0.458. The fourth-order valence-corrected chi connectivity index (χ4v) is 2.95. The van der Waals surface area contributed by atoms with Gasteiger partial charge in [-0.1, -0.05) is 5.16 Å². The van der Waals surface area contributed by atoms with E-state index in [1.165, 1.54) is 18.2 Å². The first-order chi connectivity index (χ1) is 15.5. The van der Waals surface area contributed by atoms with Crippen LogP contribution in [0.15, 0.2) is 32.5 Å². The van der Waals surface area contributed by atoms with Gasteiger partial charge < -0.3 is 26.3 Å². The van der Waals surface area contributed by atoms with Crippen molar-refractivity contribution in [2.75, 3.05) is 23.7 Å². The molecule has 33 heavy (non-hydrogen) atoms. The summed E-state index contributed by atoms with van der Waals surface area (Å²) in [5.74, 6) is -3.61. The Bertz CT molecular complexity index is 1010. The number of nitrogens with one attached hydrogen (secondary N) is 3. The van der Waals surface area contributed by atoms with E-state index in [0.717, 1.165) is 25.9 Å². The third kappa shape index (κ3) is 7.67. The molecule has 1 aromatic heterocycles. The van der Waals surface area contributed by atoms with Crippen LogP contribution >= 0.6 is 15.9 Å². The van der Waals surface area contributed by atoms with Crippen LogP contribution in [0.4, 0.5) is 29.1 Å². The highest BCUT2D eigenvalue weighted by Gasteiger charge is 2.38. The second kappa shape index (κ2) is 11.6. The molecule has 0 atom stereocenters. The summed E-state index contributed by atoms with van der Waals surface area (Å²) in [6, 6.07) is 4.15. The maximum atomic E-state index is 13.3. The third-order valence-electron chi connectivity index (χ3n) is 4.19. The predicted molar refractivity (Wildman–Crippen MR) is 108 cm³/mol. The molecule has 180 valence electrons. The van der Waals surface area contributed by atoms with Crippen LogP contribution in [0, 0.1) is 11.7 Å². The van der Waals surface area contributed by atoms with E-state index in [-0.39, 0.29) is 33.6 Å². The standard InChI is InChI=1S/C15H16BrFN6O3.C2HF3O2/c16-10-7-9(1-2-11(10)17)19-13(21-25)12-14(23-26-22-12)20-15(24)8-3-5-18-6-4-8;3-2(4,5)1(6)7/h1-2,7-8,18,25H,3-6H2,(H,19,21)(H,20,23,24);(H,6,7). The van der Waals surface area contributed by atoms with Gasteiger partial charge in [0.1, 0.15) is 5.82 Å². The summed E-state index contributed by atoms with van der Waals surface area (Å²) < 4.78 is 50.0. The van der Waals surface area contributed by atoms with Crippen LogP contribution in [0.3, 0.4) is 0 Å². The molecule has 16 heteroatoms. The van der Waals surface area contributed by atoms with Crippen LogP contribution in [-0.2, 0) is 9.59 Å². The molecule has 1 fully saturated rings. The van der Waals surface area contributed by atoms with Gasteiger partial charge in [0.2, 0.25) is 17.6 Å². The van der Waals surface area contributed by atoms with Crippen molar-refractivity contribution in [3.05, 3.63) is 34.2 Å². The van der Waals surface area contributed by atoms with Gasteiger partial charge in [0.15, 0.2) is 5.69 Å². The van der Waals surface area contributed by atoms with Crippen molar-refractivity contribution in [2.45, 2.75) is 19.0 Å². The largest absolute Gasteiger partial charge is 0.490 e. The van der Waals surface area contributed by atoms with Crippen molar-refractivity contribution in [2.24, 2.45) is 11.1 Å². The molecule has 0 spiro atoms. The van der Waals surface area contributed by atoms with E-state index >= 15 is 0 Å². The van der Waals surface area contributed by atoms with Crippen LogP contribution in [-0.4, -0.2) is 57.6 Å². The minimum atomic E-state index is -5.08. The number of rotatable bonds is 4. The molecule has 11 nitrogen and oxygen atoms in total. The fourth-order valence-electron chi connectivity index (χ4n) is 2.57. The molecule has 1 aliphatic heterocycles. The molecule has 0 aliphatic carbocycles. The zero-order valence-electron chi connectivity index (χ0n) is 16.5. The number of carbonyl (C=O) groups is 2. The number of carboxylic acids is 1. The van der Waals surface area contributed by atoms with Crippen molar-refractivity contribution in [1.82, 2.24) is 15.6 Å². The maximum absolute atomic E-state index is 13.3. The molecule has 1 amide bonds. The Morgan fingerprint density at radius 3 is 2.39 bits per heavy atom. The van der Waals surface area contributed by atoms with Crippen molar-refractivity contribution in [3.63, 3.8) is 0 Å². The number of aromatic nitrogens is 2. The van der Waals surface area contributed by atoms with Crippen molar-refractivity contribution in [1.29, 1.82) is 0 Å². The first-order valence-electron chi connectivity index (χ1n) is 9.11. The third-order valence-corrected chi connectivity index (χ3v) is 4.80. The van der Waals surface area contributed by atoms with Crippen LogP contribution < -0.4 is 16.0 Å². The number of hydrogen-bond donors (Lipinski definition) is 5. The average molecular weight is 541 g/mol. The van der Waals surface area contributed by atoms with E-state index in [0.29, 0.717) is 5.69 Å². The van der Waals surface area contributed by atoms with E-state index in [2.05, 4.69) is 52.0 Å². The number of piperidine rings is 1. The summed E-state index contributed by atoms with van der Waals surface area (Å²) >= 11 is 3.07. The zero-order chi connectivity index (χ0) is 24.6.